The molecule has 2 atom stereocenters. The third-order valence-electron chi connectivity index (χ3n) is 4.17. The van der Waals surface area contributed by atoms with Gasteiger partial charge in [0.05, 0.1) is 11.0 Å². The molecule has 0 radical (unpaired) electrons. The minimum atomic E-state index is -0.543. The van der Waals surface area contributed by atoms with Crippen molar-refractivity contribution in [2.75, 3.05) is 13.1 Å². The molecule has 0 aromatic heterocycles. The van der Waals surface area contributed by atoms with Crippen molar-refractivity contribution in [1.29, 1.82) is 0 Å². The van der Waals surface area contributed by atoms with Crippen molar-refractivity contribution in [3.05, 3.63) is 39.7 Å². The number of fused-ring (bicyclic) bond motifs is 2. The molecular weight excluding hydrogens is 261 g/mol. The van der Waals surface area contributed by atoms with E-state index in [1.165, 1.54) is 25.0 Å². The average molecular weight is 279 g/mol. The first-order valence-corrected chi connectivity index (χ1v) is 7.02. The van der Waals surface area contributed by atoms with Crippen molar-refractivity contribution in [2.45, 2.75) is 37.9 Å². The van der Waals surface area contributed by atoms with Crippen LogP contribution in [0.3, 0.4) is 0 Å². The normalized spacial score (nSPS) is 26.4. The van der Waals surface area contributed by atoms with E-state index in [2.05, 4.69) is 10.2 Å². The number of non-ortho nitro benzene ring substituents is 1. The Morgan fingerprint density at radius 3 is 2.90 bits per heavy atom. The summed E-state index contributed by atoms with van der Waals surface area (Å²) in [6, 6.07) is 4.94. The topological polar surface area (TPSA) is 58.4 Å². The number of nitro groups is 1. The molecule has 20 heavy (non-hydrogen) atoms. The lowest BCUT2D eigenvalue weighted by atomic mass is 10.1. The molecule has 1 aromatic carbocycles. The Hall–Kier alpha value is -1.53. The van der Waals surface area contributed by atoms with E-state index in [4.69, 9.17) is 0 Å². The lowest BCUT2D eigenvalue weighted by molar-refractivity contribution is -0.385. The highest BCUT2D eigenvalue weighted by atomic mass is 19.1. The van der Waals surface area contributed by atoms with E-state index >= 15 is 0 Å². The van der Waals surface area contributed by atoms with Crippen molar-refractivity contribution in [3.8, 4) is 0 Å². The van der Waals surface area contributed by atoms with E-state index < -0.39 is 10.7 Å². The molecular formula is C14H18FN3O2. The van der Waals surface area contributed by atoms with E-state index in [0.717, 1.165) is 25.6 Å². The largest absolute Gasteiger partial charge is 0.310 e. The van der Waals surface area contributed by atoms with Crippen LogP contribution in [0.5, 0.6) is 0 Å². The molecule has 0 amide bonds. The predicted octanol–water partition coefficient (Wildman–Crippen LogP) is 2.06. The molecule has 2 fully saturated rings. The Bertz CT molecular complexity index is 523. The second-order valence-electron chi connectivity index (χ2n) is 5.74. The molecule has 0 saturated carbocycles. The summed E-state index contributed by atoms with van der Waals surface area (Å²) >= 11 is 0. The van der Waals surface area contributed by atoms with Gasteiger partial charge in [0.1, 0.15) is 5.82 Å². The third kappa shape index (κ3) is 2.96. The van der Waals surface area contributed by atoms with E-state index in [9.17, 15) is 14.5 Å². The first kappa shape index (κ1) is 13.5. The van der Waals surface area contributed by atoms with Gasteiger partial charge in [-0.2, -0.15) is 0 Å². The Labute approximate surface area is 116 Å². The van der Waals surface area contributed by atoms with Crippen LogP contribution in [0.4, 0.5) is 10.1 Å². The number of rotatable bonds is 3. The highest BCUT2D eigenvalue weighted by Crippen LogP contribution is 2.23. The first-order chi connectivity index (χ1) is 9.60. The average Bonchev–Trinajstić information content (AvgIpc) is 2.72. The molecule has 108 valence electrons. The molecule has 0 aliphatic carbocycles. The van der Waals surface area contributed by atoms with Gasteiger partial charge in [0.2, 0.25) is 0 Å². The van der Waals surface area contributed by atoms with Gasteiger partial charge in [-0.25, -0.2) is 4.39 Å². The van der Waals surface area contributed by atoms with Crippen LogP contribution in [0.25, 0.3) is 0 Å². The summed E-state index contributed by atoms with van der Waals surface area (Å²) in [5.74, 6) is -0.538. The molecule has 1 N–H and O–H groups in total. The molecule has 3 rings (SSSR count). The van der Waals surface area contributed by atoms with Gasteiger partial charge in [-0.15, -0.1) is 0 Å². The van der Waals surface area contributed by atoms with Crippen molar-refractivity contribution in [3.63, 3.8) is 0 Å². The zero-order chi connectivity index (χ0) is 14.1. The number of benzene rings is 1. The third-order valence-corrected chi connectivity index (χ3v) is 4.17. The second kappa shape index (κ2) is 5.46. The van der Waals surface area contributed by atoms with E-state index in [0.29, 0.717) is 24.2 Å². The number of hydrogen-bond acceptors (Lipinski definition) is 4. The number of nitrogens with zero attached hydrogens (tertiary/aromatic N) is 2. The number of nitrogens with one attached hydrogen (secondary N) is 1. The predicted molar refractivity (Wildman–Crippen MR) is 72.9 cm³/mol. The molecule has 5 nitrogen and oxygen atoms in total. The van der Waals surface area contributed by atoms with Crippen LogP contribution < -0.4 is 5.32 Å². The van der Waals surface area contributed by atoms with Crippen molar-refractivity contribution >= 4 is 5.69 Å². The maximum atomic E-state index is 13.4. The van der Waals surface area contributed by atoms with Crippen LogP contribution in [0, 0.1) is 15.9 Å². The zero-order valence-electron chi connectivity index (χ0n) is 11.2. The number of hydrogen-bond donors (Lipinski definition) is 1. The molecule has 2 unspecified atom stereocenters. The van der Waals surface area contributed by atoms with Gasteiger partial charge in [-0.1, -0.05) is 0 Å². The minimum Gasteiger partial charge on any atom is -0.310 e. The van der Waals surface area contributed by atoms with Crippen LogP contribution in [0.15, 0.2) is 18.2 Å². The summed E-state index contributed by atoms with van der Waals surface area (Å²) in [4.78, 5) is 12.5. The fourth-order valence-electron chi connectivity index (χ4n) is 3.25. The smallest absolute Gasteiger partial charge is 0.272 e. The molecule has 1 aromatic rings. The highest BCUT2D eigenvalue weighted by molar-refractivity contribution is 5.35. The highest BCUT2D eigenvalue weighted by Gasteiger charge is 2.29. The minimum absolute atomic E-state index is 0.172. The van der Waals surface area contributed by atoms with Gasteiger partial charge in [0.25, 0.3) is 5.69 Å². The Kier molecular flexibility index (Phi) is 3.67. The van der Waals surface area contributed by atoms with Crippen molar-refractivity contribution in [1.82, 2.24) is 10.2 Å². The molecule has 2 heterocycles. The SMILES string of the molecule is O=[N+]([O-])c1cc(F)cc(CN2CCC3CCC(C2)N3)c1. The van der Waals surface area contributed by atoms with Gasteiger partial charge < -0.3 is 5.32 Å². The molecule has 2 aliphatic heterocycles. The lowest BCUT2D eigenvalue weighted by Gasteiger charge is -2.23. The van der Waals surface area contributed by atoms with Crippen LogP contribution >= 0.6 is 0 Å². The fraction of sp³-hybridized carbons (Fsp3) is 0.571. The van der Waals surface area contributed by atoms with E-state index in [-0.39, 0.29) is 5.69 Å². The monoisotopic (exact) mass is 279 g/mol. The molecule has 2 bridgehead atoms. The quantitative estimate of drug-likeness (QED) is 0.679. The van der Waals surface area contributed by atoms with Crippen LogP contribution in [0.1, 0.15) is 24.8 Å². The summed E-state index contributed by atoms with van der Waals surface area (Å²) in [6.45, 7) is 2.46. The molecule has 6 heteroatoms. The second-order valence-corrected chi connectivity index (χ2v) is 5.74. The number of halogens is 1. The summed E-state index contributed by atoms with van der Waals surface area (Å²) in [5.41, 5.74) is 0.504. The van der Waals surface area contributed by atoms with Gasteiger partial charge in [0.15, 0.2) is 0 Å². The van der Waals surface area contributed by atoms with Crippen LogP contribution in [-0.2, 0) is 6.54 Å². The summed E-state index contributed by atoms with van der Waals surface area (Å²) in [7, 11) is 0. The summed E-state index contributed by atoms with van der Waals surface area (Å²) in [5, 5.41) is 14.4. The van der Waals surface area contributed by atoms with Crippen molar-refractivity contribution in [2.24, 2.45) is 0 Å². The van der Waals surface area contributed by atoms with Crippen LogP contribution in [0.2, 0.25) is 0 Å². The molecule has 0 spiro atoms. The van der Waals surface area contributed by atoms with E-state index in [1.54, 1.807) is 0 Å². The zero-order valence-corrected chi connectivity index (χ0v) is 11.2. The van der Waals surface area contributed by atoms with Crippen LogP contribution in [-0.4, -0.2) is 35.0 Å². The van der Waals surface area contributed by atoms with Gasteiger partial charge >= 0.3 is 0 Å². The lowest BCUT2D eigenvalue weighted by Crippen LogP contribution is -2.34. The molecule has 2 saturated heterocycles. The van der Waals surface area contributed by atoms with E-state index in [1.807, 2.05) is 0 Å². The first-order valence-electron chi connectivity index (χ1n) is 7.02. The van der Waals surface area contributed by atoms with Crippen molar-refractivity contribution < 1.29 is 9.31 Å². The Morgan fingerprint density at radius 2 is 2.10 bits per heavy atom. The van der Waals surface area contributed by atoms with Gasteiger partial charge in [-0.05, 0) is 30.9 Å². The van der Waals surface area contributed by atoms with Gasteiger partial charge in [0, 0.05) is 37.8 Å². The number of nitro benzene ring substituents is 1. The molecule has 2 aliphatic rings. The summed E-state index contributed by atoms with van der Waals surface area (Å²) in [6.07, 6.45) is 3.52. The Morgan fingerprint density at radius 1 is 1.30 bits per heavy atom. The maximum absolute atomic E-state index is 13.4. The number of likely N-dealkylation sites (tertiary alicyclic amines) is 1. The maximum Gasteiger partial charge on any atom is 0.272 e. The fourth-order valence-corrected chi connectivity index (χ4v) is 3.25. The summed E-state index contributed by atoms with van der Waals surface area (Å²) < 4.78 is 13.4. The standard InChI is InChI=1S/C14H18FN3O2/c15-11-5-10(6-14(7-11)18(19)20)8-17-4-3-12-1-2-13(9-17)16-12/h5-7,12-13,16H,1-4,8-9H2. The Balaban J connectivity index is 1.72. The van der Waals surface area contributed by atoms with Gasteiger partial charge in [-0.3, -0.25) is 15.0 Å².